The first-order valence-electron chi connectivity index (χ1n) is 7.64. The number of likely N-dealkylation sites (tertiary alicyclic amines) is 1. The van der Waals surface area contributed by atoms with E-state index in [1.165, 1.54) is 24.2 Å². The van der Waals surface area contributed by atoms with E-state index in [1.807, 2.05) is 11.8 Å². The van der Waals surface area contributed by atoms with Crippen LogP contribution >= 0.6 is 11.8 Å². The van der Waals surface area contributed by atoms with Crippen LogP contribution in [0, 0.1) is 0 Å². The third-order valence-electron chi connectivity index (χ3n) is 4.27. The van der Waals surface area contributed by atoms with Crippen molar-refractivity contribution in [1.82, 2.24) is 10.2 Å². The van der Waals surface area contributed by atoms with E-state index < -0.39 is 12.7 Å². The molecule has 2 aliphatic rings. The summed E-state index contributed by atoms with van der Waals surface area (Å²) in [4.78, 5) is 1.53. The minimum Gasteiger partial charge on any atom is -0.310 e. The molecule has 0 amide bonds. The van der Waals surface area contributed by atoms with Crippen molar-refractivity contribution in [3.63, 3.8) is 0 Å². The average molecular weight is 310 g/mol. The van der Waals surface area contributed by atoms with Gasteiger partial charge in [-0.3, -0.25) is 4.90 Å². The molecule has 2 fully saturated rings. The maximum Gasteiger partial charge on any atom is 0.401 e. The van der Waals surface area contributed by atoms with Crippen molar-refractivity contribution >= 4 is 11.8 Å². The van der Waals surface area contributed by atoms with Crippen molar-refractivity contribution in [2.24, 2.45) is 0 Å². The van der Waals surface area contributed by atoms with Crippen molar-refractivity contribution in [1.29, 1.82) is 0 Å². The second kappa shape index (κ2) is 7.36. The van der Waals surface area contributed by atoms with E-state index in [9.17, 15) is 13.2 Å². The Kier molecular flexibility index (Phi) is 6.05. The highest BCUT2D eigenvalue weighted by atomic mass is 32.2. The van der Waals surface area contributed by atoms with Gasteiger partial charge in [-0.2, -0.15) is 24.9 Å². The fourth-order valence-corrected chi connectivity index (χ4v) is 4.55. The summed E-state index contributed by atoms with van der Waals surface area (Å²) in [5.41, 5.74) is 0. The maximum absolute atomic E-state index is 12.3. The Morgan fingerprint density at radius 1 is 1.15 bits per heavy atom. The molecule has 1 aliphatic heterocycles. The molecule has 0 aromatic carbocycles. The predicted molar refractivity (Wildman–Crippen MR) is 78.2 cm³/mol. The predicted octanol–water partition coefficient (Wildman–Crippen LogP) is 3.28. The maximum atomic E-state index is 12.3. The molecule has 0 radical (unpaired) electrons. The number of nitrogens with zero attached hydrogens (tertiary/aromatic N) is 1. The fourth-order valence-electron chi connectivity index (χ4n) is 3.34. The number of alkyl halides is 3. The van der Waals surface area contributed by atoms with Crippen LogP contribution in [0.5, 0.6) is 0 Å². The van der Waals surface area contributed by atoms with Crippen molar-refractivity contribution in [2.45, 2.75) is 62.5 Å². The quantitative estimate of drug-likeness (QED) is 0.839. The van der Waals surface area contributed by atoms with Crippen LogP contribution in [0.4, 0.5) is 13.2 Å². The van der Waals surface area contributed by atoms with Crippen LogP contribution in [0.25, 0.3) is 0 Å². The van der Waals surface area contributed by atoms with E-state index in [0.717, 1.165) is 18.6 Å². The summed E-state index contributed by atoms with van der Waals surface area (Å²) >= 11 is 2.02. The lowest BCUT2D eigenvalue weighted by Gasteiger charge is -2.35. The number of hydrogen-bond donors (Lipinski definition) is 1. The van der Waals surface area contributed by atoms with E-state index in [0.29, 0.717) is 30.4 Å². The summed E-state index contributed by atoms with van der Waals surface area (Å²) in [6, 6.07) is 0.974. The summed E-state index contributed by atoms with van der Waals surface area (Å²) in [5, 5.41) is 4.41. The van der Waals surface area contributed by atoms with Gasteiger partial charge in [-0.1, -0.05) is 13.3 Å². The van der Waals surface area contributed by atoms with Gasteiger partial charge in [-0.15, -0.1) is 0 Å². The van der Waals surface area contributed by atoms with E-state index in [2.05, 4.69) is 12.2 Å². The Morgan fingerprint density at radius 2 is 1.85 bits per heavy atom. The highest BCUT2D eigenvalue weighted by Crippen LogP contribution is 2.31. The smallest absolute Gasteiger partial charge is 0.310 e. The summed E-state index contributed by atoms with van der Waals surface area (Å²) in [5.74, 6) is 1.15. The average Bonchev–Trinajstić information content (AvgIpc) is 2.78. The Balaban J connectivity index is 1.71. The highest BCUT2D eigenvalue weighted by molar-refractivity contribution is 7.99. The van der Waals surface area contributed by atoms with E-state index in [4.69, 9.17) is 0 Å². The van der Waals surface area contributed by atoms with Gasteiger partial charge in [-0.25, -0.2) is 0 Å². The van der Waals surface area contributed by atoms with Gasteiger partial charge >= 0.3 is 6.18 Å². The zero-order valence-corrected chi connectivity index (χ0v) is 12.9. The van der Waals surface area contributed by atoms with E-state index in [1.54, 1.807) is 0 Å². The SMILES string of the molecule is CCSC1CCCC1NC1CCN(CC(F)(F)F)CC1. The van der Waals surface area contributed by atoms with Gasteiger partial charge in [0.25, 0.3) is 0 Å². The molecule has 2 nitrogen and oxygen atoms in total. The lowest BCUT2D eigenvalue weighted by molar-refractivity contribution is -0.148. The molecule has 0 aromatic heterocycles. The molecule has 20 heavy (non-hydrogen) atoms. The molecule has 2 unspecified atom stereocenters. The fraction of sp³-hybridized carbons (Fsp3) is 1.00. The minimum atomic E-state index is -4.06. The van der Waals surface area contributed by atoms with Crippen LogP contribution in [0.1, 0.15) is 39.0 Å². The summed E-state index contributed by atoms with van der Waals surface area (Å²) in [6.45, 7) is 2.57. The van der Waals surface area contributed by atoms with Gasteiger partial charge in [0.1, 0.15) is 0 Å². The van der Waals surface area contributed by atoms with Crippen LogP contribution in [0.3, 0.4) is 0 Å². The lowest BCUT2D eigenvalue weighted by atomic mass is 10.0. The molecule has 118 valence electrons. The van der Waals surface area contributed by atoms with Gasteiger partial charge in [0.2, 0.25) is 0 Å². The minimum absolute atomic E-state index is 0.405. The zero-order valence-electron chi connectivity index (χ0n) is 12.1. The third kappa shape index (κ3) is 5.11. The molecule has 1 saturated carbocycles. The third-order valence-corrected chi connectivity index (χ3v) is 5.60. The standard InChI is InChI=1S/C14H25F3N2S/c1-2-20-13-5-3-4-12(13)18-11-6-8-19(9-7-11)10-14(15,16)17/h11-13,18H,2-10H2,1H3. The molecule has 1 aliphatic carbocycles. The zero-order chi connectivity index (χ0) is 14.6. The van der Waals surface area contributed by atoms with E-state index >= 15 is 0 Å². The molecule has 1 N–H and O–H groups in total. The number of halogens is 3. The lowest BCUT2D eigenvalue weighted by Crippen LogP contribution is -2.49. The van der Waals surface area contributed by atoms with Gasteiger partial charge in [0, 0.05) is 17.3 Å². The molecule has 1 heterocycles. The van der Waals surface area contributed by atoms with Gasteiger partial charge in [0.05, 0.1) is 6.54 Å². The monoisotopic (exact) mass is 310 g/mol. The van der Waals surface area contributed by atoms with Gasteiger partial charge < -0.3 is 5.32 Å². The molecule has 2 rings (SSSR count). The van der Waals surface area contributed by atoms with Crippen LogP contribution in [-0.2, 0) is 0 Å². The molecule has 0 spiro atoms. The first-order chi connectivity index (χ1) is 9.48. The number of thioether (sulfide) groups is 1. The Bertz CT molecular complexity index is 291. The van der Waals surface area contributed by atoms with Crippen LogP contribution < -0.4 is 5.32 Å². The summed E-state index contributed by atoms with van der Waals surface area (Å²) < 4.78 is 37.0. The van der Waals surface area contributed by atoms with Gasteiger partial charge in [0.15, 0.2) is 0 Å². The topological polar surface area (TPSA) is 15.3 Å². The molecular weight excluding hydrogens is 285 g/mol. The normalized spacial score (nSPS) is 30.0. The second-order valence-electron chi connectivity index (χ2n) is 5.86. The number of hydrogen-bond acceptors (Lipinski definition) is 3. The molecule has 0 bridgehead atoms. The first-order valence-corrected chi connectivity index (χ1v) is 8.69. The molecular formula is C14H25F3N2S. The Labute approximate surface area is 123 Å². The molecule has 1 saturated heterocycles. The number of rotatable bonds is 5. The summed E-state index contributed by atoms with van der Waals surface area (Å²) in [7, 11) is 0. The first kappa shape index (κ1) is 16.4. The second-order valence-corrected chi connectivity index (χ2v) is 7.38. The molecule has 2 atom stereocenters. The number of piperidine rings is 1. The Morgan fingerprint density at radius 3 is 2.45 bits per heavy atom. The summed E-state index contributed by atoms with van der Waals surface area (Å²) in [6.07, 6.45) is 1.41. The Hall–Kier alpha value is 0.0600. The van der Waals surface area contributed by atoms with Crippen LogP contribution in [-0.4, -0.2) is 53.8 Å². The van der Waals surface area contributed by atoms with E-state index in [-0.39, 0.29) is 0 Å². The van der Waals surface area contributed by atoms with Crippen molar-refractivity contribution in [3.05, 3.63) is 0 Å². The molecule has 0 aromatic rings. The van der Waals surface area contributed by atoms with Crippen LogP contribution in [0.15, 0.2) is 0 Å². The van der Waals surface area contributed by atoms with Crippen molar-refractivity contribution in [3.8, 4) is 0 Å². The van der Waals surface area contributed by atoms with Gasteiger partial charge in [-0.05, 0) is 44.5 Å². The number of nitrogens with one attached hydrogen (secondary N) is 1. The largest absolute Gasteiger partial charge is 0.401 e. The highest BCUT2D eigenvalue weighted by Gasteiger charge is 2.34. The van der Waals surface area contributed by atoms with Crippen molar-refractivity contribution < 1.29 is 13.2 Å². The van der Waals surface area contributed by atoms with Crippen molar-refractivity contribution in [2.75, 3.05) is 25.4 Å². The molecule has 6 heteroatoms. The van der Waals surface area contributed by atoms with Crippen LogP contribution in [0.2, 0.25) is 0 Å².